The third kappa shape index (κ3) is 6.23. The molecule has 0 saturated carbocycles. The number of carboxylic acids is 1. The number of aliphatic carboxylic acids is 1. The molecule has 1 atom stereocenters. The predicted molar refractivity (Wildman–Crippen MR) is 156 cm³/mol. The first kappa shape index (κ1) is 28.2. The van der Waals surface area contributed by atoms with Crippen molar-refractivity contribution in [3.8, 4) is 11.1 Å². The van der Waals surface area contributed by atoms with E-state index in [0.29, 0.717) is 21.5 Å². The quantitative estimate of drug-likeness (QED) is 0.244. The summed E-state index contributed by atoms with van der Waals surface area (Å²) in [5, 5.41) is 13.6. The molecule has 4 aromatic rings. The minimum atomic E-state index is -1.27. The molecule has 8 nitrogen and oxygen atoms in total. The van der Waals surface area contributed by atoms with Gasteiger partial charge < -0.3 is 24.5 Å². The highest BCUT2D eigenvalue weighted by atomic mass is 35.5. The lowest BCUT2D eigenvalue weighted by atomic mass is 9.98. The van der Waals surface area contributed by atoms with Crippen LogP contribution in [0.3, 0.4) is 0 Å². The topological polar surface area (TPSA) is 107 Å². The molecule has 3 aromatic carbocycles. The highest BCUT2D eigenvalue weighted by Crippen LogP contribution is 2.44. The maximum atomic E-state index is 12.8. The Morgan fingerprint density at radius 3 is 2.24 bits per heavy atom. The van der Waals surface area contributed by atoms with Gasteiger partial charge in [0.1, 0.15) is 24.8 Å². The SMILES string of the molecule is CC(C)(C)OC(=O)Cn1cc(C[C@H](NC(=O)OCC2c3ccccc3-c3ccccc32)C(=O)O)c2cc(Cl)ccc21. The van der Waals surface area contributed by atoms with E-state index in [1.54, 1.807) is 49.7 Å². The van der Waals surface area contributed by atoms with Crippen LogP contribution in [-0.4, -0.2) is 46.0 Å². The monoisotopic (exact) mass is 574 g/mol. The Hall–Kier alpha value is -4.30. The number of nitrogens with one attached hydrogen (secondary N) is 1. The molecule has 212 valence electrons. The first-order valence-electron chi connectivity index (χ1n) is 13.3. The van der Waals surface area contributed by atoms with Gasteiger partial charge in [0.2, 0.25) is 0 Å². The third-order valence-electron chi connectivity index (χ3n) is 7.00. The maximum absolute atomic E-state index is 12.8. The van der Waals surface area contributed by atoms with Crippen LogP contribution in [0.1, 0.15) is 43.4 Å². The van der Waals surface area contributed by atoms with E-state index >= 15 is 0 Å². The lowest BCUT2D eigenvalue weighted by molar-refractivity contribution is -0.155. The molecule has 0 saturated heterocycles. The van der Waals surface area contributed by atoms with Gasteiger partial charge in [0.15, 0.2) is 0 Å². The molecule has 2 N–H and O–H groups in total. The molecule has 1 amide bonds. The molecule has 1 aromatic heterocycles. The van der Waals surface area contributed by atoms with Gasteiger partial charge in [-0.1, -0.05) is 60.1 Å². The predicted octanol–water partition coefficient (Wildman–Crippen LogP) is 6.17. The van der Waals surface area contributed by atoms with Crippen LogP contribution in [0.5, 0.6) is 0 Å². The van der Waals surface area contributed by atoms with Crippen LogP contribution >= 0.6 is 11.6 Å². The molecule has 0 bridgehead atoms. The Morgan fingerprint density at radius 2 is 1.63 bits per heavy atom. The van der Waals surface area contributed by atoms with Crippen molar-refractivity contribution in [3.05, 3.63) is 94.6 Å². The normalized spacial score (nSPS) is 13.4. The molecule has 5 rings (SSSR count). The van der Waals surface area contributed by atoms with Crippen LogP contribution < -0.4 is 5.32 Å². The van der Waals surface area contributed by atoms with E-state index in [0.717, 1.165) is 22.3 Å². The molecule has 1 heterocycles. The smallest absolute Gasteiger partial charge is 0.407 e. The molecule has 0 aliphatic heterocycles. The van der Waals surface area contributed by atoms with Crippen LogP contribution in [0, 0.1) is 0 Å². The molecule has 0 spiro atoms. The maximum Gasteiger partial charge on any atom is 0.407 e. The number of benzene rings is 3. The minimum absolute atomic E-state index is 0.0440. The number of esters is 1. The Bertz CT molecular complexity index is 1590. The summed E-state index contributed by atoms with van der Waals surface area (Å²) in [6.07, 6.45) is 0.826. The Morgan fingerprint density at radius 1 is 1.00 bits per heavy atom. The fourth-order valence-corrected chi connectivity index (χ4v) is 5.52. The van der Waals surface area contributed by atoms with E-state index in [1.165, 1.54) is 0 Å². The van der Waals surface area contributed by atoms with E-state index in [1.807, 2.05) is 48.5 Å². The first-order valence-corrected chi connectivity index (χ1v) is 13.7. The van der Waals surface area contributed by atoms with Crippen LogP contribution in [-0.2, 0) is 32.0 Å². The number of halogens is 1. The lowest BCUT2D eigenvalue weighted by Crippen LogP contribution is -2.42. The van der Waals surface area contributed by atoms with Crippen molar-refractivity contribution in [2.24, 2.45) is 0 Å². The zero-order valence-corrected chi connectivity index (χ0v) is 23.8. The Labute approximate surface area is 242 Å². The molecule has 9 heteroatoms. The number of fused-ring (bicyclic) bond motifs is 4. The van der Waals surface area contributed by atoms with Crippen molar-refractivity contribution in [2.75, 3.05) is 6.61 Å². The second-order valence-corrected chi connectivity index (χ2v) is 11.5. The minimum Gasteiger partial charge on any atom is -0.480 e. The number of carbonyl (C=O) groups is 3. The van der Waals surface area contributed by atoms with Gasteiger partial charge in [0.05, 0.1) is 0 Å². The summed E-state index contributed by atoms with van der Waals surface area (Å²) in [6, 6.07) is 19.9. The van der Waals surface area contributed by atoms with E-state index in [9.17, 15) is 19.5 Å². The first-order chi connectivity index (χ1) is 19.5. The number of aromatic nitrogens is 1. The molecule has 1 aliphatic rings. The summed E-state index contributed by atoms with van der Waals surface area (Å²) in [4.78, 5) is 37.6. The van der Waals surface area contributed by atoms with Gasteiger partial charge in [0.25, 0.3) is 0 Å². The van der Waals surface area contributed by atoms with Crippen molar-refractivity contribution in [2.45, 2.75) is 51.3 Å². The van der Waals surface area contributed by atoms with Gasteiger partial charge in [0, 0.05) is 34.5 Å². The zero-order valence-electron chi connectivity index (χ0n) is 23.0. The van der Waals surface area contributed by atoms with Gasteiger partial charge >= 0.3 is 18.0 Å². The van der Waals surface area contributed by atoms with Gasteiger partial charge in [-0.2, -0.15) is 0 Å². The second-order valence-electron chi connectivity index (χ2n) is 11.1. The number of hydrogen-bond donors (Lipinski definition) is 2. The molecule has 0 radical (unpaired) electrons. The second kappa shape index (κ2) is 11.3. The van der Waals surface area contributed by atoms with Crippen LogP contribution in [0.4, 0.5) is 4.79 Å². The number of ether oxygens (including phenoxy) is 2. The third-order valence-corrected chi connectivity index (χ3v) is 7.24. The van der Waals surface area contributed by atoms with Gasteiger partial charge in [-0.15, -0.1) is 0 Å². The van der Waals surface area contributed by atoms with E-state index in [2.05, 4.69) is 5.32 Å². The summed E-state index contributed by atoms with van der Waals surface area (Å²) in [5.74, 6) is -1.79. The van der Waals surface area contributed by atoms with E-state index < -0.39 is 29.7 Å². The van der Waals surface area contributed by atoms with Gasteiger partial charge in [-0.25, -0.2) is 9.59 Å². The standard InChI is InChI=1S/C32H31ClN2O6/c1-32(2,3)41-29(36)17-35-16-19(25-15-20(33)12-13-28(25)35)14-27(30(37)38)34-31(39)40-18-26-23-10-6-4-8-21(23)22-9-5-7-11-24(22)26/h4-13,15-16,26-27H,14,17-18H2,1-3H3,(H,34,39)(H,37,38)/t27-/m0/s1. The number of carbonyl (C=O) groups excluding carboxylic acids is 2. The Kier molecular flexibility index (Phi) is 7.78. The summed E-state index contributed by atoms with van der Waals surface area (Å²) in [6.45, 7) is 5.37. The number of nitrogens with zero attached hydrogens (tertiary/aromatic N) is 1. The highest BCUT2D eigenvalue weighted by Gasteiger charge is 2.30. The lowest BCUT2D eigenvalue weighted by Gasteiger charge is -2.19. The van der Waals surface area contributed by atoms with Crippen molar-refractivity contribution >= 4 is 40.5 Å². The van der Waals surface area contributed by atoms with Gasteiger partial charge in [-0.05, 0) is 66.8 Å². The molecule has 0 unspecified atom stereocenters. The molecule has 1 aliphatic carbocycles. The van der Waals surface area contributed by atoms with Crippen LogP contribution in [0.25, 0.3) is 22.0 Å². The number of amides is 1. The van der Waals surface area contributed by atoms with E-state index in [4.69, 9.17) is 21.1 Å². The molecule has 0 fully saturated rings. The number of carboxylic acid groups (broad SMARTS) is 1. The average Bonchev–Trinajstić information content (AvgIpc) is 3.40. The van der Waals surface area contributed by atoms with Crippen molar-refractivity contribution < 1.29 is 29.0 Å². The number of rotatable bonds is 8. The summed E-state index contributed by atoms with van der Waals surface area (Å²) >= 11 is 6.24. The average molecular weight is 575 g/mol. The largest absolute Gasteiger partial charge is 0.480 e. The fraction of sp³-hybridized carbons (Fsp3) is 0.281. The van der Waals surface area contributed by atoms with Crippen molar-refractivity contribution in [1.29, 1.82) is 0 Å². The summed E-state index contributed by atoms with van der Waals surface area (Å²) in [7, 11) is 0. The van der Waals surface area contributed by atoms with Crippen molar-refractivity contribution in [1.82, 2.24) is 9.88 Å². The summed E-state index contributed by atoms with van der Waals surface area (Å²) in [5.41, 5.74) is 4.98. The number of hydrogen-bond acceptors (Lipinski definition) is 5. The van der Waals surface area contributed by atoms with Crippen LogP contribution in [0.15, 0.2) is 72.9 Å². The van der Waals surface area contributed by atoms with Crippen molar-refractivity contribution in [3.63, 3.8) is 0 Å². The zero-order chi connectivity index (χ0) is 29.3. The highest BCUT2D eigenvalue weighted by molar-refractivity contribution is 6.31. The fourth-order valence-electron chi connectivity index (χ4n) is 5.35. The molecular formula is C32H31ClN2O6. The van der Waals surface area contributed by atoms with Gasteiger partial charge in [-0.3, -0.25) is 4.79 Å². The number of alkyl carbamates (subject to hydrolysis) is 1. The molecule has 41 heavy (non-hydrogen) atoms. The van der Waals surface area contributed by atoms with E-state index in [-0.39, 0.29) is 25.5 Å². The van der Waals surface area contributed by atoms with Crippen LogP contribution in [0.2, 0.25) is 5.02 Å². The Balaban J connectivity index is 1.31. The molecular weight excluding hydrogens is 544 g/mol. The summed E-state index contributed by atoms with van der Waals surface area (Å²) < 4.78 is 12.7.